The smallest absolute Gasteiger partial charge is 0.269 e. The zero-order valence-electron chi connectivity index (χ0n) is 18.1. The van der Waals surface area contributed by atoms with Crippen LogP contribution in [-0.2, 0) is 13.0 Å². The number of pyridine rings is 3. The molecular weight excluding hydrogens is 420 g/mol. The Kier molecular flexibility index (Phi) is 7.14. The van der Waals surface area contributed by atoms with Gasteiger partial charge in [0.05, 0.1) is 5.52 Å². The molecule has 32 heavy (non-hydrogen) atoms. The van der Waals surface area contributed by atoms with Crippen LogP contribution in [0, 0.1) is 11.8 Å². The highest BCUT2D eigenvalue weighted by atomic mass is 19.1. The van der Waals surface area contributed by atoms with Crippen molar-refractivity contribution in [3.05, 3.63) is 63.3 Å². The third-order valence-electron chi connectivity index (χ3n) is 5.46. The van der Waals surface area contributed by atoms with Gasteiger partial charge in [-0.25, -0.2) is 9.37 Å². The monoisotopic (exact) mass is 449 g/mol. The second-order valence-electron chi connectivity index (χ2n) is 7.53. The van der Waals surface area contributed by atoms with E-state index in [1.54, 1.807) is 12.3 Å². The van der Waals surface area contributed by atoms with Crippen LogP contribution in [0.3, 0.4) is 0 Å². The number of aromatic nitrogens is 3. The number of hydrogen-bond donors (Lipinski definition) is 3. The van der Waals surface area contributed by atoms with Gasteiger partial charge in [-0.15, -0.1) is 0 Å². The van der Waals surface area contributed by atoms with Gasteiger partial charge in [-0.3, -0.25) is 19.5 Å². The van der Waals surface area contributed by atoms with Gasteiger partial charge in [0, 0.05) is 46.4 Å². The number of halogens is 2. The quantitative estimate of drug-likeness (QED) is 0.528. The number of H-pyrrole nitrogens is 1. The Morgan fingerprint density at radius 3 is 2.69 bits per heavy atom. The van der Waals surface area contributed by atoms with Crippen molar-refractivity contribution in [1.82, 2.24) is 25.2 Å². The van der Waals surface area contributed by atoms with Crippen molar-refractivity contribution in [2.75, 3.05) is 13.6 Å². The Hall–Kier alpha value is -3.40. The van der Waals surface area contributed by atoms with E-state index in [-0.39, 0.29) is 25.4 Å². The minimum atomic E-state index is -1.05. The van der Waals surface area contributed by atoms with Crippen LogP contribution in [0.5, 0.6) is 5.75 Å². The minimum absolute atomic E-state index is 0. The summed E-state index contributed by atoms with van der Waals surface area (Å²) >= 11 is 0. The summed E-state index contributed by atoms with van der Waals surface area (Å²) in [6.07, 6.45) is 3.35. The summed E-state index contributed by atoms with van der Waals surface area (Å²) in [4.78, 5) is 35.0. The summed E-state index contributed by atoms with van der Waals surface area (Å²) in [5, 5.41) is 11.0. The highest BCUT2D eigenvalue weighted by Crippen LogP contribution is 2.23. The SMILES string of the molecule is CCc1cc2ncc(CN3CC[C@H]3C)c(F)c2[nH]c1=O.CNC(=O)c1ccc(O)c(F)n1.[HH].[HH]. The molecule has 1 aliphatic rings. The van der Waals surface area contributed by atoms with E-state index < -0.39 is 17.6 Å². The van der Waals surface area contributed by atoms with Gasteiger partial charge < -0.3 is 15.4 Å². The normalized spacial score (nSPS) is 15.6. The molecule has 0 unspecified atom stereocenters. The summed E-state index contributed by atoms with van der Waals surface area (Å²) < 4.78 is 27.0. The molecule has 1 saturated heterocycles. The highest BCUT2D eigenvalue weighted by molar-refractivity contribution is 5.92. The number of aromatic amines is 1. The van der Waals surface area contributed by atoms with Crippen molar-refractivity contribution in [2.45, 2.75) is 39.3 Å². The van der Waals surface area contributed by atoms with Crippen LogP contribution in [0.4, 0.5) is 8.78 Å². The number of rotatable bonds is 4. The Bertz CT molecular complexity index is 1210. The Morgan fingerprint density at radius 1 is 1.38 bits per heavy atom. The molecule has 4 rings (SSSR count). The number of nitrogens with zero attached hydrogens (tertiary/aromatic N) is 3. The average Bonchev–Trinajstić information content (AvgIpc) is 2.79. The fourth-order valence-corrected chi connectivity index (χ4v) is 3.27. The first-order valence-corrected chi connectivity index (χ1v) is 10.3. The Morgan fingerprint density at radius 2 is 2.12 bits per heavy atom. The number of hydrogen-bond acceptors (Lipinski definition) is 6. The van der Waals surface area contributed by atoms with E-state index in [2.05, 4.69) is 32.1 Å². The van der Waals surface area contributed by atoms with Crippen molar-refractivity contribution >= 4 is 16.9 Å². The molecule has 174 valence electrons. The van der Waals surface area contributed by atoms with Crippen molar-refractivity contribution in [3.63, 3.8) is 0 Å². The second-order valence-corrected chi connectivity index (χ2v) is 7.53. The van der Waals surface area contributed by atoms with Crippen LogP contribution in [0.25, 0.3) is 11.0 Å². The lowest BCUT2D eigenvalue weighted by Gasteiger charge is -2.38. The highest BCUT2D eigenvalue weighted by Gasteiger charge is 2.25. The first kappa shape index (κ1) is 23.3. The second kappa shape index (κ2) is 9.82. The van der Waals surface area contributed by atoms with E-state index in [1.807, 2.05) is 6.92 Å². The standard InChI is InChI=1S/C15H18FN3O.C7H7FN2O2.2H2/c1-3-10-6-12-14(18-15(10)20)13(16)11(7-17-12)8-19-5-4-9(19)2;1-9-7(12)4-2-3-5(11)6(8)10-4;;/h6-7,9H,3-5,8H2,1-2H3,(H,18,20);2-3,11H,1H3,(H,9,12);2*1H/t9-;;;/m1.../s1. The van der Waals surface area contributed by atoms with Crippen LogP contribution in [0.15, 0.2) is 29.2 Å². The van der Waals surface area contributed by atoms with Crippen molar-refractivity contribution in [1.29, 1.82) is 0 Å². The summed E-state index contributed by atoms with van der Waals surface area (Å²) in [6.45, 7) is 5.56. The first-order chi connectivity index (χ1) is 15.2. The third kappa shape index (κ3) is 4.91. The van der Waals surface area contributed by atoms with E-state index in [0.717, 1.165) is 19.0 Å². The molecule has 0 radical (unpaired) electrons. The molecule has 0 spiro atoms. The number of likely N-dealkylation sites (tertiary alicyclic amines) is 1. The number of amides is 1. The molecule has 1 fully saturated rings. The molecule has 3 aromatic rings. The average molecular weight is 450 g/mol. The molecule has 1 aliphatic heterocycles. The predicted molar refractivity (Wildman–Crippen MR) is 120 cm³/mol. The number of carbonyl (C=O) groups excluding carboxylic acids is 1. The van der Waals surface area contributed by atoms with Gasteiger partial charge in [0.25, 0.3) is 17.4 Å². The van der Waals surface area contributed by atoms with Gasteiger partial charge in [-0.1, -0.05) is 6.92 Å². The molecule has 4 heterocycles. The van der Waals surface area contributed by atoms with Gasteiger partial charge in [-0.2, -0.15) is 4.39 Å². The summed E-state index contributed by atoms with van der Waals surface area (Å²) in [5.41, 5.74) is 1.62. The van der Waals surface area contributed by atoms with Crippen molar-refractivity contribution < 1.29 is 21.5 Å². The summed E-state index contributed by atoms with van der Waals surface area (Å²) in [6, 6.07) is 4.48. The molecule has 0 aromatic carbocycles. The summed E-state index contributed by atoms with van der Waals surface area (Å²) in [5.74, 6) is -2.46. The van der Waals surface area contributed by atoms with Crippen LogP contribution >= 0.6 is 0 Å². The van der Waals surface area contributed by atoms with E-state index in [9.17, 15) is 18.4 Å². The topological polar surface area (TPSA) is 111 Å². The lowest BCUT2D eigenvalue weighted by molar-refractivity contribution is 0.0945. The fraction of sp³-hybridized carbons (Fsp3) is 0.364. The maximum absolute atomic E-state index is 14.5. The summed E-state index contributed by atoms with van der Waals surface area (Å²) in [7, 11) is 1.41. The fourth-order valence-electron chi connectivity index (χ4n) is 3.27. The molecule has 3 N–H and O–H groups in total. The van der Waals surface area contributed by atoms with Crippen LogP contribution in [-0.4, -0.2) is 50.5 Å². The van der Waals surface area contributed by atoms with E-state index in [4.69, 9.17) is 5.11 Å². The number of fused-ring (bicyclic) bond motifs is 1. The van der Waals surface area contributed by atoms with Crippen molar-refractivity contribution in [2.24, 2.45) is 0 Å². The Balaban J connectivity index is 0.000000360. The van der Waals surface area contributed by atoms with Crippen molar-refractivity contribution in [3.8, 4) is 5.75 Å². The van der Waals surface area contributed by atoms with Crippen LogP contribution in [0.1, 0.15) is 44.7 Å². The van der Waals surface area contributed by atoms with E-state index in [0.29, 0.717) is 35.7 Å². The van der Waals surface area contributed by atoms with E-state index >= 15 is 0 Å². The molecule has 8 nitrogen and oxygen atoms in total. The molecule has 3 aromatic heterocycles. The number of aryl methyl sites for hydroxylation is 1. The number of carbonyl (C=O) groups is 1. The zero-order chi connectivity index (χ0) is 23.4. The lowest BCUT2D eigenvalue weighted by Crippen LogP contribution is -2.44. The molecule has 1 atom stereocenters. The molecule has 0 bridgehead atoms. The van der Waals surface area contributed by atoms with Crippen LogP contribution in [0.2, 0.25) is 0 Å². The van der Waals surface area contributed by atoms with Gasteiger partial charge in [0.2, 0.25) is 0 Å². The van der Waals surface area contributed by atoms with Crippen LogP contribution < -0.4 is 10.9 Å². The minimum Gasteiger partial charge on any atom is -0.504 e. The maximum atomic E-state index is 14.5. The van der Waals surface area contributed by atoms with Gasteiger partial charge in [0.15, 0.2) is 11.6 Å². The Labute approximate surface area is 186 Å². The molecule has 10 heteroatoms. The van der Waals surface area contributed by atoms with Gasteiger partial charge in [0.1, 0.15) is 11.2 Å². The third-order valence-corrected chi connectivity index (χ3v) is 5.46. The molecular formula is C22H29F2N5O3. The number of nitrogens with one attached hydrogen (secondary N) is 2. The van der Waals surface area contributed by atoms with Gasteiger partial charge >= 0.3 is 0 Å². The van der Waals surface area contributed by atoms with Gasteiger partial charge in [-0.05, 0) is 38.0 Å². The first-order valence-electron chi connectivity index (χ1n) is 10.3. The molecule has 0 saturated carbocycles. The molecule has 1 amide bonds. The molecule has 0 aliphatic carbocycles. The maximum Gasteiger partial charge on any atom is 0.269 e. The predicted octanol–water partition coefficient (Wildman–Crippen LogP) is 3.00. The lowest BCUT2D eigenvalue weighted by atomic mass is 10.0. The zero-order valence-corrected chi connectivity index (χ0v) is 18.1. The van der Waals surface area contributed by atoms with E-state index in [1.165, 1.54) is 13.1 Å². The number of aromatic hydroxyl groups is 1. The largest absolute Gasteiger partial charge is 0.504 e.